The van der Waals surface area contributed by atoms with Crippen molar-refractivity contribution in [3.05, 3.63) is 46.7 Å². The van der Waals surface area contributed by atoms with Crippen LogP contribution in [0.1, 0.15) is 12.0 Å². The Balaban J connectivity index is 1.68. The summed E-state index contributed by atoms with van der Waals surface area (Å²) in [5, 5.41) is 22.9. The molecule has 2 aromatic rings. The second-order valence-corrected chi connectivity index (χ2v) is 7.05. The van der Waals surface area contributed by atoms with Crippen molar-refractivity contribution in [1.82, 2.24) is 15.1 Å². The van der Waals surface area contributed by atoms with E-state index in [0.29, 0.717) is 5.17 Å². The van der Waals surface area contributed by atoms with E-state index < -0.39 is 11.2 Å². The first-order valence-corrected chi connectivity index (χ1v) is 8.80. The second-order valence-electron chi connectivity index (χ2n) is 5.00. The Kier molecular flexibility index (Phi) is 5.29. The third-order valence-corrected chi connectivity index (χ3v) is 4.92. The van der Waals surface area contributed by atoms with Crippen LogP contribution in [0.3, 0.4) is 0 Å². The van der Waals surface area contributed by atoms with Crippen LogP contribution in [0.15, 0.2) is 51.3 Å². The van der Waals surface area contributed by atoms with E-state index in [1.807, 2.05) is 30.5 Å². The van der Waals surface area contributed by atoms with Crippen molar-refractivity contribution in [2.24, 2.45) is 10.2 Å². The zero-order valence-corrected chi connectivity index (χ0v) is 15.1. The summed E-state index contributed by atoms with van der Waals surface area (Å²) in [5.74, 6) is -1.40. The fourth-order valence-electron chi connectivity index (χ4n) is 2.09. The Morgan fingerprint density at radius 2 is 2.36 bits per heavy atom. The molecule has 1 aromatic carbocycles. The van der Waals surface area contributed by atoms with E-state index >= 15 is 0 Å². The molecule has 1 atom stereocenters. The van der Waals surface area contributed by atoms with Crippen LogP contribution in [0.5, 0.6) is 0 Å². The lowest BCUT2D eigenvalue weighted by Crippen LogP contribution is -2.26. The van der Waals surface area contributed by atoms with Crippen molar-refractivity contribution in [3.63, 3.8) is 0 Å². The number of amidine groups is 1. The van der Waals surface area contributed by atoms with Gasteiger partial charge in [0, 0.05) is 16.9 Å². The highest BCUT2D eigenvalue weighted by atomic mass is 79.9. The summed E-state index contributed by atoms with van der Waals surface area (Å²) in [6, 6.07) is 7.46. The number of nitrogens with one attached hydrogen (secondary N) is 1. The number of carboxylic acid groups (broad SMARTS) is 1. The second kappa shape index (κ2) is 7.62. The Hall–Kier alpha value is -2.46. The standard InChI is InChI=1S/C15H12BrN5O3S/c16-10-6-9(2-3-11(10)21-5-1-4-18-21)8-17-20-15-19-14(24)12(25-15)7-13(22)23/h1-6,8,12H,7H2,(H,22,23)(H,19,20,24). The minimum atomic E-state index is -1.03. The van der Waals surface area contributed by atoms with Crippen LogP contribution in [0.2, 0.25) is 0 Å². The van der Waals surface area contributed by atoms with Crippen LogP contribution in [0, 0.1) is 0 Å². The predicted molar refractivity (Wildman–Crippen MR) is 98.1 cm³/mol. The molecule has 25 heavy (non-hydrogen) atoms. The van der Waals surface area contributed by atoms with Gasteiger partial charge in [-0.1, -0.05) is 17.8 Å². The number of aromatic nitrogens is 2. The third kappa shape index (κ3) is 4.34. The van der Waals surface area contributed by atoms with Gasteiger partial charge in [0.25, 0.3) is 0 Å². The fraction of sp³-hybridized carbons (Fsp3) is 0.133. The molecule has 10 heteroatoms. The van der Waals surface area contributed by atoms with Gasteiger partial charge in [-0.25, -0.2) is 4.68 Å². The molecule has 0 aliphatic carbocycles. The highest BCUT2D eigenvalue weighted by Gasteiger charge is 2.32. The molecule has 1 aliphatic rings. The van der Waals surface area contributed by atoms with E-state index in [1.165, 1.54) is 0 Å². The van der Waals surface area contributed by atoms with Crippen LogP contribution >= 0.6 is 27.7 Å². The summed E-state index contributed by atoms with van der Waals surface area (Å²) in [6.45, 7) is 0. The number of thioether (sulfide) groups is 1. The lowest BCUT2D eigenvalue weighted by molar-refractivity contribution is -0.138. The van der Waals surface area contributed by atoms with Crippen LogP contribution in [0.25, 0.3) is 5.69 Å². The number of carbonyl (C=O) groups is 2. The minimum Gasteiger partial charge on any atom is -0.481 e. The molecule has 1 aliphatic heterocycles. The lowest BCUT2D eigenvalue weighted by Gasteiger charge is -2.04. The lowest BCUT2D eigenvalue weighted by atomic mass is 10.2. The van der Waals surface area contributed by atoms with Crippen LogP contribution < -0.4 is 5.32 Å². The number of amides is 1. The fourth-order valence-corrected chi connectivity index (χ4v) is 3.59. The highest BCUT2D eigenvalue weighted by molar-refractivity contribution is 9.10. The molecule has 1 unspecified atom stereocenters. The maximum Gasteiger partial charge on any atom is 0.305 e. The van der Waals surface area contributed by atoms with E-state index in [1.54, 1.807) is 17.1 Å². The van der Waals surface area contributed by atoms with Gasteiger partial charge in [-0.05, 0) is 39.7 Å². The van der Waals surface area contributed by atoms with E-state index in [-0.39, 0.29) is 12.3 Å². The SMILES string of the molecule is O=C(O)CC1SC(=NN=Cc2ccc(-n3cccn3)c(Br)c2)NC1=O. The Morgan fingerprint density at radius 3 is 3.04 bits per heavy atom. The number of aliphatic carboxylic acids is 1. The molecule has 0 radical (unpaired) electrons. The predicted octanol–water partition coefficient (Wildman–Crippen LogP) is 2.03. The van der Waals surface area contributed by atoms with E-state index in [0.717, 1.165) is 27.5 Å². The normalized spacial score (nSPS) is 18.8. The molecule has 2 heterocycles. The molecule has 1 saturated heterocycles. The molecule has 1 aromatic heterocycles. The van der Waals surface area contributed by atoms with Gasteiger partial charge in [-0.15, -0.1) is 5.10 Å². The van der Waals surface area contributed by atoms with Gasteiger partial charge in [0.05, 0.1) is 18.3 Å². The Labute approximate surface area is 155 Å². The number of halogens is 1. The quantitative estimate of drug-likeness (QED) is 0.566. The van der Waals surface area contributed by atoms with E-state index in [9.17, 15) is 9.59 Å². The number of carbonyl (C=O) groups excluding carboxylic acids is 1. The molecular formula is C15H12BrN5O3S. The van der Waals surface area contributed by atoms with Crippen molar-refractivity contribution >= 4 is 51.0 Å². The zero-order valence-electron chi connectivity index (χ0n) is 12.7. The van der Waals surface area contributed by atoms with Crippen LogP contribution in [0.4, 0.5) is 0 Å². The molecule has 0 spiro atoms. The van der Waals surface area contributed by atoms with Gasteiger partial charge in [0.2, 0.25) is 5.91 Å². The third-order valence-electron chi connectivity index (χ3n) is 3.21. The van der Waals surface area contributed by atoms with Crippen molar-refractivity contribution < 1.29 is 14.7 Å². The first-order valence-electron chi connectivity index (χ1n) is 7.13. The maximum absolute atomic E-state index is 11.6. The number of benzene rings is 1. The van der Waals surface area contributed by atoms with Gasteiger partial charge >= 0.3 is 5.97 Å². The molecule has 3 rings (SSSR count). The van der Waals surface area contributed by atoms with Crippen molar-refractivity contribution in [1.29, 1.82) is 0 Å². The summed E-state index contributed by atoms with van der Waals surface area (Å²) in [7, 11) is 0. The average Bonchev–Trinajstić information content (AvgIpc) is 3.18. The van der Waals surface area contributed by atoms with Gasteiger partial charge < -0.3 is 10.4 Å². The molecule has 0 bridgehead atoms. The summed E-state index contributed by atoms with van der Waals surface area (Å²) in [5.41, 5.74) is 1.70. The van der Waals surface area contributed by atoms with Gasteiger partial charge in [0.1, 0.15) is 5.25 Å². The minimum absolute atomic E-state index is 0.249. The number of hydrogen-bond donors (Lipinski definition) is 2. The van der Waals surface area contributed by atoms with Gasteiger partial charge in [0.15, 0.2) is 5.17 Å². The van der Waals surface area contributed by atoms with Gasteiger partial charge in [-0.3, -0.25) is 9.59 Å². The summed E-state index contributed by atoms with van der Waals surface area (Å²) >= 11 is 4.55. The van der Waals surface area contributed by atoms with Crippen molar-refractivity contribution in [3.8, 4) is 5.69 Å². The average molecular weight is 422 g/mol. The summed E-state index contributed by atoms with van der Waals surface area (Å²) < 4.78 is 2.58. The van der Waals surface area contributed by atoms with Gasteiger partial charge in [-0.2, -0.15) is 10.2 Å². The number of hydrogen-bond acceptors (Lipinski definition) is 6. The first kappa shape index (κ1) is 17.4. The molecular weight excluding hydrogens is 410 g/mol. The van der Waals surface area contributed by atoms with Crippen molar-refractivity contribution in [2.45, 2.75) is 11.7 Å². The monoisotopic (exact) mass is 421 g/mol. The highest BCUT2D eigenvalue weighted by Crippen LogP contribution is 2.23. The maximum atomic E-state index is 11.6. The smallest absolute Gasteiger partial charge is 0.305 e. The number of nitrogens with zero attached hydrogens (tertiary/aromatic N) is 4. The topological polar surface area (TPSA) is 109 Å². The van der Waals surface area contributed by atoms with Crippen LogP contribution in [-0.4, -0.2) is 43.4 Å². The largest absolute Gasteiger partial charge is 0.481 e. The number of carboxylic acids is 1. The molecule has 8 nitrogen and oxygen atoms in total. The zero-order chi connectivity index (χ0) is 17.8. The van der Waals surface area contributed by atoms with Crippen molar-refractivity contribution in [2.75, 3.05) is 0 Å². The number of rotatable bonds is 5. The van der Waals surface area contributed by atoms with Crippen LogP contribution in [-0.2, 0) is 9.59 Å². The first-order chi connectivity index (χ1) is 12.0. The Bertz CT molecular complexity index is 866. The Morgan fingerprint density at radius 1 is 1.52 bits per heavy atom. The molecule has 0 saturated carbocycles. The molecule has 128 valence electrons. The molecule has 1 fully saturated rings. The summed E-state index contributed by atoms with van der Waals surface area (Å²) in [6.07, 6.45) is 4.83. The molecule has 2 N–H and O–H groups in total. The summed E-state index contributed by atoms with van der Waals surface area (Å²) in [4.78, 5) is 22.3. The van der Waals surface area contributed by atoms with E-state index in [4.69, 9.17) is 5.11 Å². The van der Waals surface area contributed by atoms with E-state index in [2.05, 4.69) is 36.5 Å². The molecule has 1 amide bonds.